The normalized spacial score (nSPS) is 16.4. The summed E-state index contributed by atoms with van der Waals surface area (Å²) in [7, 11) is 0. The van der Waals surface area contributed by atoms with Crippen LogP contribution in [0.5, 0.6) is 5.75 Å². The van der Waals surface area contributed by atoms with Crippen LogP contribution < -0.4 is 0 Å². The second-order valence-corrected chi connectivity index (χ2v) is 5.40. The van der Waals surface area contributed by atoms with Crippen molar-refractivity contribution in [3.8, 4) is 5.75 Å². The summed E-state index contributed by atoms with van der Waals surface area (Å²) < 4.78 is -1.82. The second kappa shape index (κ2) is 3.78. The van der Waals surface area contributed by atoms with Gasteiger partial charge in [-0.05, 0) is 24.6 Å². The number of hydrogen-bond donors (Lipinski definition) is 2. The number of rotatable bonds is 1. The van der Waals surface area contributed by atoms with E-state index in [4.69, 9.17) is 39.9 Å². The maximum absolute atomic E-state index is 9.94. The van der Waals surface area contributed by atoms with Crippen molar-refractivity contribution in [1.82, 2.24) is 0 Å². The van der Waals surface area contributed by atoms with E-state index in [-0.39, 0.29) is 5.75 Å². The average molecular weight is 256 g/mol. The second-order valence-electron chi connectivity index (χ2n) is 3.12. The van der Waals surface area contributed by atoms with Gasteiger partial charge in [-0.2, -0.15) is 0 Å². The predicted octanol–water partition coefficient (Wildman–Crippen LogP) is 2.97. The summed E-state index contributed by atoms with van der Waals surface area (Å²) >= 11 is 16.9. The van der Waals surface area contributed by atoms with E-state index in [1.54, 1.807) is 0 Å². The van der Waals surface area contributed by atoms with Crippen LogP contribution in [-0.4, -0.2) is 14.0 Å². The smallest absolute Gasteiger partial charge is 0.222 e. The summed E-state index contributed by atoms with van der Waals surface area (Å²) in [5.74, 6) is 0.0915. The van der Waals surface area contributed by atoms with Crippen LogP contribution in [-0.2, 0) is 5.60 Å². The maximum atomic E-state index is 9.94. The van der Waals surface area contributed by atoms with E-state index in [2.05, 4.69) is 0 Å². The number of aliphatic hydroxyl groups is 1. The number of alkyl halides is 3. The fourth-order valence-corrected chi connectivity index (χ4v) is 1.28. The Balaban J connectivity index is 3.10. The van der Waals surface area contributed by atoms with E-state index in [1.165, 1.54) is 31.2 Å². The molecule has 1 rings (SSSR count). The summed E-state index contributed by atoms with van der Waals surface area (Å²) in [5, 5.41) is 19.0. The number of phenolic OH excluding ortho intramolecular Hbond substituents is 1. The Labute approximate surface area is 97.0 Å². The van der Waals surface area contributed by atoms with Crippen molar-refractivity contribution >= 4 is 34.8 Å². The molecule has 1 atom stereocenters. The zero-order chi connectivity index (χ0) is 11.0. The van der Waals surface area contributed by atoms with E-state index >= 15 is 0 Å². The minimum Gasteiger partial charge on any atom is -0.508 e. The van der Waals surface area contributed by atoms with Crippen LogP contribution in [0.4, 0.5) is 0 Å². The minimum atomic E-state index is -1.82. The largest absolute Gasteiger partial charge is 0.508 e. The summed E-state index contributed by atoms with van der Waals surface area (Å²) in [6, 6.07) is 5.83. The first kappa shape index (κ1) is 11.9. The quantitative estimate of drug-likeness (QED) is 0.758. The monoisotopic (exact) mass is 254 g/mol. The highest BCUT2D eigenvalue weighted by molar-refractivity contribution is 6.68. The van der Waals surface area contributed by atoms with Gasteiger partial charge in [0.05, 0.1) is 0 Å². The first-order chi connectivity index (χ1) is 6.25. The summed E-state index contributed by atoms with van der Waals surface area (Å²) in [6.07, 6.45) is 0. The SMILES string of the molecule is CC(O)(c1ccc(O)cc1)C(Cl)(Cl)Cl. The van der Waals surface area contributed by atoms with E-state index in [0.717, 1.165) is 0 Å². The minimum absolute atomic E-state index is 0.0915. The first-order valence-electron chi connectivity index (χ1n) is 3.84. The lowest BCUT2D eigenvalue weighted by Gasteiger charge is -2.31. The number of phenols is 1. The van der Waals surface area contributed by atoms with Crippen LogP contribution in [0.15, 0.2) is 24.3 Å². The lowest BCUT2D eigenvalue weighted by Crippen LogP contribution is -2.36. The van der Waals surface area contributed by atoms with Crippen LogP contribution in [0.3, 0.4) is 0 Å². The van der Waals surface area contributed by atoms with Gasteiger partial charge in [0.25, 0.3) is 0 Å². The molecule has 2 N–H and O–H groups in total. The molecule has 14 heavy (non-hydrogen) atoms. The molecule has 1 aromatic carbocycles. The zero-order valence-corrected chi connectivity index (χ0v) is 9.61. The summed E-state index contributed by atoms with van der Waals surface area (Å²) in [5.41, 5.74) is -1.17. The molecule has 0 aliphatic carbocycles. The van der Waals surface area contributed by atoms with E-state index in [9.17, 15) is 5.11 Å². The van der Waals surface area contributed by atoms with Gasteiger partial charge in [0.15, 0.2) is 0 Å². The van der Waals surface area contributed by atoms with Crippen molar-refractivity contribution in [2.45, 2.75) is 16.3 Å². The third-order valence-electron chi connectivity index (χ3n) is 1.98. The third-order valence-corrected chi connectivity index (χ3v) is 3.09. The number of aromatic hydroxyl groups is 1. The lowest BCUT2D eigenvalue weighted by molar-refractivity contribution is 0.0614. The number of halogens is 3. The molecule has 0 spiro atoms. The molecule has 78 valence electrons. The highest BCUT2D eigenvalue weighted by Gasteiger charge is 2.44. The molecule has 5 heteroatoms. The summed E-state index contributed by atoms with van der Waals surface area (Å²) in [4.78, 5) is 0. The molecule has 0 bridgehead atoms. The Morgan fingerprint density at radius 2 is 1.50 bits per heavy atom. The maximum Gasteiger partial charge on any atom is 0.222 e. The van der Waals surface area contributed by atoms with Crippen LogP contribution in [0.2, 0.25) is 0 Å². The van der Waals surface area contributed by atoms with Crippen molar-refractivity contribution in [2.75, 3.05) is 0 Å². The predicted molar refractivity (Wildman–Crippen MR) is 58.0 cm³/mol. The van der Waals surface area contributed by atoms with Crippen molar-refractivity contribution in [3.63, 3.8) is 0 Å². The Hall–Kier alpha value is -0.150. The van der Waals surface area contributed by atoms with Gasteiger partial charge in [-0.25, -0.2) is 0 Å². The van der Waals surface area contributed by atoms with E-state index in [0.29, 0.717) is 5.56 Å². The topological polar surface area (TPSA) is 40.5 Å². The van der Waals surface area contributed by atoms with Crippen LogP contribution in [0.1, 0.15) is 12.5 Å². The van der Waals surface area contributed by atoms with Gasteiger partial charge in [0.2, 0.25) is 3.79 Å². The molecule has 0 radical (unpaired) electrons. The Kier molecular flexibility index (Phi) is 3.22. The fraction of sp³-hybridized carbons (Fsp3) is 0.333. The van der Waals surface area contributed by atoms with Crippen molar-refractivity contribution < 1.29 is 10.2 Å². The van der Waals surface area contributed by atoms with Crippen LogP contribution >= 0.6 is 34.8 Å². The highest BCUT2D eigenvalue weighted by Crippen LogP contribution is 2.44. The van der Waals surface area contributed by atoms with Crippen molar-refractivity contribution in [1.29, 1.82) is 0 Å². The van der Waals surface area contributed by atoms with Crippen LogP contribution in [0, 0.1) is 0 Å². The molecule has 1 aromatic rings. The molecule has 0 heterocycles. The Morgan fingerprint density at radius 1 is 1.07 bits per heavy atom. The van der Waals surface area contributed by atoms with Gasteiger partial charge < -0.3 is 10.2 Å². The molecule has 2 nitrogen and oxygen atoms in total. The van der Waals surface area contributed by atoms with Gasteiger partial charge >= 0.3 is 0 Å². The van der Waals surface area contributed by atoms with Gasteiger partial charge in [0.1, 0.15) is 11.4 Å². The van der Waals surface area contributed by atoms with E-state index < -0.39 is 9.39 Å². The fourth-order valence-electron chi connectivity index (χ4n) is 0.950. The molecule has 0 aromatic heterocycles. The molecular formula is C9H9Cl3O2. The van der Waals surface area contributed by atoms with Gasteiger partial charge in [0, 0.05) is 0 Å². The van der Waals surface area contributed by atoms with E-state index in [1.807, 2.05) is 0 Å². The van der Waals surface area contributed by atoms with Crippen molar-refractivity contribution in [3.05, 3.63) is 29.8 Å². The van der Waals surface area contributed by atoms with Gasteiger partial charge in [-0.1, -0.05) is 46.9 Å². The molecule has 1 unspecified atom stereocenters. The molecule has 0 saturated carbocycles. The van der Waals surface area contributed by atoms with Gasteiger partial charge in [-0.15, -0.1) is 0 Å². The average Bonchev–Trinajstić information content (AvgIpc) is 2.03. The Morgan fingerprint density at radius 3 is 1.86 bits per heavy atom. The molecular weight excluding hydrogens is 246 g/mol. The third kappa shape index (κ3) is 2.26. The first-order valence-corrected chi connectivity index (χ1v) is 4.97. The number of benzene rings is 1. The zero-order valence-electron chi connectivity index (χ0n) is 7.34. The summed E-state index contributed by atoms with van der Waals surface area (Å²) in [6.45, 7) is 1.40. The van der Waals surface area contributed by atoms with Gasteiger partial charge in [-0.3, -0.25) is 0 Å². The molecule has 0 saturated heterocycles. The molecule has 0 amide bonds. The Bertz CT molecular complexity index is 314. The lowest BCUT2D eigenvalue weighted by atomic mass is 9.98. The standard InChI is InChI=1S/C9H9Cl3O2/c1-8(14,9(10,11)12)6-2-4-7(13)5-3-6/h2-5,13-14H,1H3. The highest BCUT2D eigenvalue weighted by atomic mass is 35.6. The number of hydrogen-bond acceptors (Lipinski definition) is 2. The molecule has 0 aliphatic heterocycles. The van der Waals surface area contributed by atoms with Crippen molar-refractivity contribution in [2.24, 2.45) is 0 Å². The molecule has 0 fully saturated rings. The molecule has 0 aliphatic rings. The van der Waals surface area contributed by atoms with Crippen LogP contribution in [0.25, 0.3) is 0 Å².